The van der Waals surface area contributed by atoms with E-state index in [0.29, 0.717) is 28.4 Å². The molecule has 5 heteroatoms. The van der Waals surface area contributed by atoms with Crippen molar-refractivity contribution in [2.24, 2.45) is 0 Å². The number of ketones is 1. The molecule has 0 saturated heterocycles. The van der Waals surface area contributed by atoms with Gasteiger partial charge in [-0.3, -0.25) is 4.79 Å². The third-order valence-corrected chi connectivity index (χ3v) is 3.55. The van der Waals surface area contributed by atoms with E-state index >= 15 is 0 Å². The summed E-state index contributed by atoms with van der Waals surface area (Å²) in [6, 6.07) is 10.3. The summed E-state index contributed by atoms with van der Waals surface area (Å²) in [5.41, 5.74) is 1.00. The highest BCUT2D eigenvalue weighted by Crippen LogP contribution is 2.31. The molecule has 0 heterocycles. The van der Waals surface area contributed by atoms with Crippen LogP contribution < -0.4 is 14.2 Å². The fourth-order valence-electron chi connectivity index (χ4n) is 1.99. The van der Waals surface area contributed by atoms with E-state index in [1.165, 1.54) is 14.2 Å². The van der Waals surface area contributed by atoms with Crippen molar-refractivity contribution >= 4 is 21.7 Å². The minimum atomic E-state index is -0.139. The molecule has 0 amide bonds. The van der Waals surface area contributed by atoms with Gasteiger partial charge in [-0.25, -0.2) is 0 Å². The Morgan fingerprint density at radius 1 is 0.857 bits per heavy atom. The van der Waals surface area contributed by atoms with Gasteiger partial charge in [0.05, 0.1) is 26.9 Å². The van der Waals surface area contributed by atoms with Crippen LogP contribution in [0.1, 0.15) is 15.9 Å². The highest BCUT2D eigenvalue weighted by molar-refractivity contribution is 9.10. The molecule has 0 aromatic heterocycles. The first-order valence-electron chi connectivity index (χ1n) is 6.21. The zero-order chi connectivity index (χ0) is 15.4. The maximum atomic E-state index is 12.6. The molecule has 2 aromatic carbocycles. The van der Waals surface area contributed by atoms with Crippen molar-refractivity contribution in [2.45, 2.75) is 0 Å². The molecule has 110 valence electrons. The molecule has 0 bridgehead atoms. The van der Waals surface area contributed by atoms with Crippen molar-refractivity contribution in [3.63, 3.8) is 0 Å². The van der Waals surface area contributed by atoms with Crippen LogP contribution in [0, 0.1) is 0 Å². The molecule has 0 spiro atoms. The summed E-state index contributed by atoms with van der Waals surface area (Å²) in [5.74, 6) is 1.47. The molecule has 0 radical (unpaired) electrons. The number of hydrogen-bond donors (Lipinski definition) is 0. The molecule has 2 rings (SSSR count). The maximum absolute atomic E-state index is 12.6. The Morgan fingerprint density at radius 2 is 1.52 bits per heavy atom. The normalized spacial score (nSPS) is 10.1. The third kappa shape index (κ3) is 3.19. The number of rotatable bonds is 5. The van der Waals surface area contributed by atoms with E-state index in [9.17, 15) is 4.79 Å². The standard InChI is InChI=1S/C16H15BrO4/c1-19-13-7-4-10(8-15(13)21-3)16(18)12-6-5-11(17)9-14(12)20-2/h4-9H,1-3H3. The van der Waals surface area contributed by atoms with Gasteiger partial charge >= 0.3 is 0 Å². The van der Waals surface area contributed by atoms with Crippen molar-refractivity contribution in [1.82, 2.24) is 0 Å². The number of carbonyl (C=O) groups is 1. The monoisotopic (exact) mass is 350 g/mol. The van der Waals surface area contributed by atoms with Gasteiger partial charge in [0, 0.05) is 10.0 Å². The molecular weight excluding hydrogens is 336 g/mol. The Balaban J connectivity index is 2.45. The van der Waals surface area contributed by atoms with E-state index in [2.05, 4.69) is 15.9 Å². The van der Waals surface area contributed by atoms with Crippen LogP contribution in [0.15, 0.2) is 40.9 Å². The van der Waals surface area contributed by atoms with E-state index in [1.807, 2.05) is 0 Å². The second kappa shape index (κ2) is 6.63. The number of carbonyl (C=O) groups excluding carboxylic acids is 1. The smallest absolute Gasteiger partial charge is 0.196 e. The van der Waals surface area contributed by atoms with Gasteiger partial charge < -0.3 is 14.2 Å². The van der Waals surface area contributed by atoms with Gasteiger partial charge in [0.1, 0.15) is 5.75 Å². The van der Waals surface area contributed by atoms with Gasteiger partial charge in [0.15, 0.2) is 17.3 Å². The van der Waals surface area contributed by atoms with Crippen LogP contribution in [0.3, 0.4) is 0 Å². The lowest BCUT2D eigenvalue weighted by Crippen LogP contribution is -2.04. The van der Waals surface area contributed by atoms with Crippen LogP contribution in [0.25, 0.3) is 0 Å². The van der Waals surface area contributed by atoms with Crippen molar-refractivity contribution in [3.8, 4) is 17.2 Å². The topological polar surface area (TPSA) is 44.8 Å². The van der Waals surface area contributed by atoms with Gasteiger partial charge in [0.25, 0.3) is 0 Å². The lowest BCUT2D eigenvalue weighted by molar-refractivity contribution is 0.103. The van der Waals surface area contributed by atoms with Crippen LogP contribution in [0.5, 0.6) is 17.2 Å². The summed E-state index contributed by atoms with van der Waals surface area (Å²) in [5, 5.41) is 0. The molecule has 21 heavy (non-hydrogen) atoms. The molecule has 0 atom stereocenters. The van der Waals surface area contributed by atoms with Crippen LogP contribution in [-0.2, 0) is 0 Å². The first kappa shape index (κ1) is 15.4. The summed E-state index contributed by atoms with van der Waals surface area (Å²) < 4.78 is 16.5. The predicted octanol–water partition coefficient (Wildman–Crippen LogP) is 3.71. The van der Waals surface area contributed by atoms with Crippen LogP contribution in [-0.4, -0.2) is 27.1 Å². The fraction of sp³-hybridized carbons (Fsp3) is 0.188. The van der Waals surface area contributed by atoms with E-state index in [-0.39, 0.29) is 5.78 Å². The minimum Gasteiger partial charge on any atom is -0.496 e. The first-order chi connectivity index (χ1) is 10.1. The van der Waals surface area contributed by atoms with Crippen molar-refractivity contribution in [3.05, 3.63) is 52.0 Å². The van der Waals surface area contributed by atoms with E-state index in [1.54, 1.807) is 43.5 Å². The summed E-state index contributed by atoms with van der Waals surface area (Å²) in [7, 11) is 4.62. The Kier molecular flexibility index (Phi) is 4.85. The average molecular weight is 351 g/mol. The summed E-state index contributed by atoms with van der Waals surface area (Å²) in [4.78, 5) is 12.6. The highest BCUT2D eigenvalue weighted by Gasteiger charge is 2.16. The van der Waals surface area contributed by atoms with Crippen molar-refractivity contribution < 1.29 is 19.0 Å². The second-order valence-corrected chi connectivity index (χ2v) is 5.16. The SMILES string of the molecule is COc1ccc(C(=O)c2ccc(Br)cc2OC)cc1OC. The summed E-state index contributed by atoms with van der Waals surface area (Å²) in [6.45, 7) is 0. The molecule has 0 aliphatic carbocycles. The molecule has 0 unspecified atom stereocenters. The van der Waals surface area contributed by atoms with E-state index in [4.69, 9.17) is 14.2 Å². The second-order valence-electron chi connectivity index (χ2n) is 4.24. The van der Waals surface area contributed by atoms with Gasteiger partial charge in [-0.05, 0) is 36.4 Å². The molecule has 4 nitrogen and oxygen atoms in total. The Hall–Kier alpha value is -2.01. The summed E-state index contributed by atoms with van der Waals surface area (Å²) in [6.07, 6.45) is 0. The number of benzene rings is 2. The van der Waals surface area contributed by atoms with Crippen LogP contribution in [0.2, 0.25) is 0 Å². The zero-order valence-electron chi connectivity index (χ0n) is 12.0. The number of ether oxygens (including phenoxy) is 3. The van der Waals surface area contributed by atoms with Crippen LogP contribution in [0.4, 0.5) is 0 Å². The molecule has 2 aromatic rings. The maximum Gasteiger partial charge on any atom is 0.196 e. The third-order valence-electron chi connectivity index (χ3n) is 3.05. The number of methoxy groups -OCH3 is 3. The molecule has 0 aliphatic heterocycles. The zero-order valence-corrected chi connectivity index (χ0v) is 13.6. The van der Waals surface area contributed by atoms with Crippen LogP contribution >= 0.6 is 15.9 Å². The Morgan fingerprint density at radius 3 is 2.14 bits per heavy atom. The first-order valence-corrected chi connectivity index (χ1v) is 7.00. The summed E-state index contributed by atoms with van der Waals surface area (Å²) >= 11 is 3.36. The minimum absolute atomic E-state index is 0.139. The molecule has 0 saturated carbocycles. The van der Waals surface area contributed by atoms with Crippen molar-refractivity contribution in [2.75, 3.05) is 21.3 Å². The lowest BCUT2D eigenvalue weighted by Gasteiger charge is -2.11. The van der Waals surface area contributed by atoms with Gasteiger partial charge in [-0.1, -0.05) is 15.9 Å². The van der Waals surface area contributed by atoms with Gasteiger partial charge in [-0.2, -0.15) is 0 Å². The molecule has 0 N–H and O–H groups in total. The average Bonchev–Trinajstić information content (AvgIpc) is 2.53. The predicted molar refractivity (Wildman–Crippen MR) is 83.7 cm³/mol. The Bertz CT molecular complexity index is 667. The molecular formula is C16H15BrO4. The number of halogens is 1. The van der Waals surface area contributed by atoms with E-state index < -0.39 is 0 Å². The largest absolute Gasteiger partial charge is 0.496 e. The van der Waals surface area contributed by atoms with E-state index in [0.717, 1.165) is 4.47 Å². The lowest BCUT2D eigenvalue weighted by atomic mass is 10.0. The molecule has 0 fully saturated rings. The number of hydrogen-bond acceptors (Lipinski definition) is 4. The quantitative estimate of drug-likeness (QED) is 0.771. The molecule has 0 aliphatic rings. The van der Waals surface area contributed by atoms with Gasteiger partial charge in [0.2, 0.25) is 0 Å². The Labute approximate surface area is 131 Å². The van der Waals surface area contributed by atoms with Crippen molar-refractivity contribution in [1.29, 1.82) is 0 Å². The van der Waals surface area contributed by atoms with Gasteiger partial charge in [-0.15, -0.1) is 0 Å². The highest BCUT2D eigenvalue weighted by atomic mass is 79.9. The fourth-order valence-corrected chi connectivity index (χ4v) is 2.33.